The zero-order valence-corrected chi connectivity index (χ0v) is 9.52. The fourth-order valence-electron chi connectivity index (χ4n) is 2.12. The first-order chi connectivity index (χ1) is 6.50. The van der Waals surface area contributed by atoms with E-state index < -0.39 is 0 Å². The van der Waals surface area contributed by atoms with Crippen LogP contribution in [0.5, 0.6) is 0 Å². The highest BCUT2D eigenvalue weighted by Gasteiger charge is 2.31. The molecule has 0 saturated heterocycles. The summed E-state index contributed by atoms with van der Waals surface area (Å²) in [7, 11) is 0. The van der Waals surface area contributed by atoms with Crippen LogP contribution in [0.15, 0.2) is 18.2 Å². The van der Waals surface area contributed by atoms with Crippen molar-refractivity contribution in [1.82, 2.24) is 0 Å². The lowest BCUT2D eigenvalue weighted by atomic mass is 9.79. The molecular weight excluding hydrogens is 170 g/mol. The van der Waals surface area contributed by atoms with Gasteiger partial charge in [0, 0.05) is 11.2 Å². The molecule has 0 amide bonds. The molecule has 0 bridgehead atoms. The first-order valence-electron chi connectivity index (χ1n) is 5.37. The van der Waals surface area contributed by atoms with E-state index in [1.54, 1.807) is 0 Å². The molecule has 0 spiro atoms. The number of fused-ring (bicyclic) bond motifs is 1. The smallest absolute Gasteiger partial charge is 0.0379 e. The van der Waals surface area contributed by atoms with Gasteiger partial charge in [-0.1, -0.05) is 19.1 Å². The molecule has 0 saturated carbocycles. The Balaban J connectivity index is 2.45. The van der Waals surface area contributed by atoms with Crippen LogP contribution in [-0.2, 0) is 6.42 Å². The average Bonchev–Trinajstić information content (AvgIpc) is 2.08. The Labute approximate surface area is 86.5 Å². The minimum atomic E-state index is 0.223. The number of rotatable bonds is 0. The molecule has 14 heavy (non-hydrogen) atoms. The third-order valence-corrected chi connectivity index (χ3v) is 3.61. The van der Waals surface area contributed by atoms with E-state index in [1.807, 2.05) is 0 Å². The molecule has 1 heteroatoms. The Kier molecular flexibility index (Phi) is 2.06. The van der Waals surface area contributed by atoms with Gasteiger partial charge in [0.1, 0.15) is 0 Å². The van der Waals surface area contributed by atoms with E-state index in [0.717, 1.165) is 0 Å². The lowest BCUT2D eigenvalue weighted by molar-refractivity contribution is 0.361. The molecule has 1 unspecified atom stereocenters. The quantitative estimate of drug-likeness (QED) is 0.659. The van der Waals surface area contributed by atoms with Gasteiger partial charge in [0.05, 0.1) is 0 Å². The highest BCUT2D eigenvalue weighted by atomic mass is 15.0. The van der Waals surface area contributed by atoms with Crippen molar-refractivity contribution in [3.63, 3.8) is 0 Å². The first kappa shape index (κ1) is 9.57. The first-order valence-corrected chi connectivity index (χ1v) is 5.37. The van der Waals surface area contributed by atoms with Crippen molar-refractivity contribution < 1.29 is 0 Å². The monoisotopic (exact) mass is 189 g/mol. The second kappa shape index (κ2) is 3.01. The van der Waals surface area contributed by atoms with Crippen LogP contribution >= 0.6 is 0 Å². The third-order valence-electron chi connectivity index (χ3n) is 3.61. The number of benzene rings is 1. The Bertz CT molecular complexity index is 352. The second-order valence-electron chi connectivity index (χ2n) is 5.05. The van der Waals surface area contributed by atoms with Gasteiger partial charge in [0.2, 0.25) is 0 Å². The highest BCUT2D eigenvalue weighted by Crippen LogP contribution is 2.35. The van der Waals surface area contributed by atoms with Gasteiger partial charge in [-0.3, -0.25) is 0 Å². The molecule has 1 atom stereocenters. The lowest BCUT2D eigenvalue weighted by Gasteiger charge is -2.40. The summed E-state index contributed by atoms with van der Waals surface area (Å²) in [6.07, 6.45) is 1.20. The van der Waals surface area contributed by atoms with Crippen LogP contribution < -0.4 is 5.32 Å². The summed E-state index contributed by atoms with van der Waals surface area (Å²) < 4.78 is 0. The van der Waals surface area contributed by atoms with Gasteiger partial charge in [-0.2, -0.15) is 0 Å². The second-order valence-corrected chi connectivity index (χ2v) is 5.05. The van der Waals surface area contributed by atoms with E-state index in [1.165, 1.54) is 23.2 Å². The number of hydrogen-bond acceptors (Lipinski definition) is 1. The maximum Gasteiger partial charge on any atom is 0.0379 e. The summed E-state index contributed by atoms with van der Waals surface area (Å²) in [5.74, 6) is 0.691. The lowest BCUT2D eigenvalue weighted by Crippen LogP contribution is -2.42. The van der Waals surface area contributed by atoms with Crippen LogP contribution in [0.25, 0.3) is 0 Å². The van der Waals surface area contributed by atoms with Gasteiger partial charge < -0.3 is 5.32 Å². The Morgan fingerprint density at radius 3 is 2.79 bits per heavy atom. The summed E-state index contributed by atoms with van der Waals surface area (Å²) in [4.78, 5) is 0. The van der Waals surface area contributed by atoms with E-state index in [4.69, 9.17) is 0 Å². The van der Waals surface area contributed by atoms with Crippen LogP contribution in [0.1, 0.15) is 31.9 Å². The van der Waals surface area contributed by atoms with Crippen LogP contribution in [0.3, 0.4) is 0 Å². The van der Waals surface area contributed by atoms with E-state index >= 15 is 0 Å². The largest absolute Gasteiger partial charge is 0.380 e. The van der Waals surface area contributed by atoms with Gasteiger partial charge in [0.25, 0.3) is 0 Å². The van der Waals surface area contributed by atoms with Crippen molar-refractivity contribution in [3.05, 3.63) is 29.3 Å². The predicted molar refractivity (Wildman–Crippen MR) is 61.7 cm³/mol. The topological polar surface area (TPSA) is 12.0 Å². The van der Waals surface area contributed by atoms with E-state index in [2.05, 4.69) is 51.2 Å². The molecule has 0 aliphatic carbocycles. The van der Waals surface area contributed by atoms with Crippen LogP contribution in [0, 0.1) is 12.8 Å². The van der Waals surface area contributed by atoms with Crippen molar-refractivity contribution in [2.45, 2.75) is 39.7 Å². The Hall–Kier alpha value is -0.980. The molecule has 0 aromatic heterocycles. The minimum Gasteiger partial charge on any atom is -0.380 e. The van der Waals surface area contributed by atoms with Gasteiger partial charge in [-0.15, -0.1) is 0 Å². The molecule has 1 heterocycles. The molecule has 1 nitrogen and oxygen atoms in total. The van der Waals surface area contributed by atoms with Crippen LogP contribution in [-0.4, -0.2) is 5.54 Å². The zero-order chi connectivity index (χ0) is 10.3. The SMILES string of the molecule is Cc1cccc2c1CC(C)C(C)(C)N2. The summed E-state index contributed by atoms with van der Waals surface area (Å²) in [5, 5.41) is 3.63. The predicted octanol–water partition coefficient (Wildman–Crippen LogP) is 3.38. The average molecular weight is 189 g/mol. The summed E-state index contributed by atoms with van der Waals surface area (Å²) in [6.45, 7) is 9.08. The Morgan fingerprint density at radius 2 is 2.07 bits per heavy atom. The molecule has 1 aromatic rings. The molecule has 1 N–H and O–H groups in total. The molecule has 1 aromatic carbocycles. The molecule has 0 radical (unpaired) electrons. The van der Waals surface area contributed by atoms with Gasteiger partial charge in [-0.25, -0.2) is 0 Å². The van der Waals surface area contributed by atoms with Gasteiger partial charge in [0.15, 0.2) is 0 Å². The number of aryl methyl sites for hydroxylation is 1. The number of hydrogen-bond donors (Lipinski definition) is 1. The van der Waals surface area contributed by atoms with E-state index in [9.17, 15) is 0 Å². The third kappa shape index (κ3) is 1.41. The molecular formula is C13H19N. The molecule has 76 valence electrons. The minimum absolute atomic E-state index is 0.223. The summed E-state index contributed by atoms with van der Waals surface area (Å²) in [5.41, 5.74) is 4.46. The summed E-state index contributed by atoms with van der Waals surface area (Å²) in [6, 6.07) is 6.52. The number of nitrogens with one attached hydrogen (secondary N) is 1. The Morgan fingerprint density at radius 1 is 1.36 bits per heavy atom. The molecule has 1 aliphatic heterocycles. The van der Waals surface area contributed by atoms with Crippen molar-refractivity contribution in [1.29, 1.82) is 0 Å². The molecule has 2 rings (SSSR count). The van der Waals surface area contributed by atoms with Crippen molar-refractivity contribution in [3.8, 4) is 0 Å². The summed E-state index contributed by atoms with van der Waals surface area (Å²) >= 11 is 0. The normalized spacial score (nSPS) is 23.9. The molecule has 1 aliphatic rings. The standard InChI is InChI=1S/C13H19N/c1-9-6-5-7-12-11(9)8-10(2)13(3,4)14-12/h5-7,10,14H,8H2,1-4H3. The van der Waals surface area contributed by atoms with Crippen molar-refractivity contribution in [2.24, 2.45) is 5.92 Å². The zero-order valence-electron chi connectivity index (χ0n) is 9.52. The van der Waals surface area contributed by atoms with Crippen LogP contribution in [0.4, 0.5) is 5.69 Å². The van der Waals surface area contributed by atoms with Gasteiger partial charge >= 0.3 is 0 Å². The van der Waals surface area contributed by atoms with E-state index in [-0.39, 0.29) is 5.54 Å². The number of anilines is 1. The van der Waals surface area contributed by atoms with Crippen molar-refractivity contribution >= 4 is 5.69 Å². The van der Waals surface area contributed by atoms with Crippen molar-refractivity contribution in [2.75, 3.05) is 5.32 Å². The fourth-order valence-corrected chi connectivity index (χ4v) is 2.12. The molecule has 0 fully saturated rings. The maximum absolute atomic E-state index is 3.63. The van der Waals surface area contributed by atoms with Gasteiger partial charge in [-0.05, 0) is 50.3 Å². The van der Waals surface area contributed by atoms with E-state index in [0.29, 0.717) is 5.92 Å². The van der Waals surface area contributed by atoms with Crippen LogP contribution in [0.2, 0.25) is 0 Å². The highest BCUT2D eigenvalue weighted by molar-refractivity contribution is 5.58. The fraction of sp³-hybridized carbons (Fsp3) is 0.538. The maximum atomic E-state index is 3.63.